The van der Waals surface area contributed by atoms with Crippen LogP contribution in [-0.2, 0) is 15.1 Å². The molecule has 3 rings (SSSR count). The van der Waals surface area contributed by atoms with Gasteiger partial charge in [-0.15, -0.1) is 0 Å². The van der Waals surface area contributed by atoms with Crippen LogP contribution < -0.4 is 10.5 Å². The highest BCUT2D eigenvalue weighted by Gasteiger charge is 2.40. The molecule has 0 heterocycles. The fourth-order valence-corrected chi connectivity index (χ4v) is 3.47. The van der Waals surface area contributed by atoms with Crippen molar-refractivity contribution >= 4 is 22.5 Å². The van der Waals surface area contributed by atoms with E-state index >= 15 is 0 Å². The van der Waals surface area contributed by atoms with Crippen LogP contribution in [0.25, 0.3) is 10.8 Å². The predicted octanol–water partition coefficient (Wildman–Crippen LogP) is 4.34. The molecule has 1 unspecified atom stereocenters. The number of rotatable bonds is 6. The van der Waals surface area contributed by atoms with Crippen molar-refractivity contribution in [3.63, 3.8) is 0 Å². The maximum atomic E-state index is 13.3. The average molecular weight is 361 g/mol. The first-order valence-corrected chi connectivity index (χ1v) is 9.06. The molecule has 4 nitrogen and oxygen atoms in total. The molecule has 0 amide bonds. The van der Waals surface area contributed by atoms with Gasteiger partial charge in [0.1, 0.15) is 11.3 Å². The number of fused-ring (bicyclic) bond motifs is 1. The zero-order valence-corrected chi connectivity index (χ0v) is 15.6. The zero-order valence-electron chi connectivity index (χ0n) is 15.6. The molecular formula is C23H23NO3. The molecule has 0 aromatic heterocycles. The summed E-state index contributed by atoms with van der Waals surface area (Å²) in [4.78, 5) is 25.0. The van der Waals surface area contributed by atoms with Crippen LogP contribution in [0.4, 0.5) is 0 Å². The fourth-order valence-electron chi connectivity index (χ4n) is 3.47. The molecule has 0 spiro atoms. The SMILES string of the molecule is CCCC(=O)C(N)(c1ccccc1)c1c(OC(C)=O)ccc2ccccc12. The molecule has 0 bridgehead atoms. The quantitative estimate of drug-likeness (QED) is 0.524. The van der Waals surface area contributed by atoms with Crippen LogP contribution >= 0.6 is 0 Å². The second kappa shape index (κ2) is 7.72. The van der Waals surface area contributed by atoms with Gasteiger partial charge in [0.15, 0.2) is 5.78 Å². The lowest BCUT2D eigenvalue weighted by atomic mass is 9.76. The van der Waals surface area contributed by atoms with E-state index in [1.54, 1.807) is 6.07 Å². The number of benzene rings is 3. The van der Waals surface area contributed by atoms with E-state index in [4.69, 9.17) is 10.5 Å². The Morgan fingerprint density at radius 3 is 2.30 bits per heavy atom. The Morgan fingerprint density at radius 2 is 1.63 bits per heavy atom. The summed E-state index contributed by atoms with van der Waals surface area (Å²) in [6.45, 7) is 3.28. The number of nitrogens with two attached hydrogens (primary N) is 1. The minimum Gasteiger partial charge on any atom is -0.426 e. The van der Waals surface area contributed by atoms with E-state index in [1.165, 1.54) is 6.92 Å². The summed E-state index contributed by atoms with van der Waals surface area (Å²) in [5.41, 5.74) is 6.66. The van der Waals surface area contributed by atoms with Gasteiger partial charge in [-0.3, -0.25) is 9.59 Å². The van der Waals surface area contributed by atoms with Gasteiger partial charge in [0.2, 0.25) is 0 Å². The minimum atomic E-state index is -1.41. The van der Waals surface area contributed by atoms with E-state index in [-0.39, 0.29) is 5.78 Å². The van der Waals surface area contributed by atoms with Gasteiger partial charge in [-0.25, -0.2) is 0 Å². The van der Waals surface area contributed by atoms with Gasteiger partial charge in [-0.1, -0.05) is 67.6 Å². The van der Waals surface area contributed by atoms with E-state index < -0.39 is 11.5 Å². The number of esters is 1. The van der Waals surface area contributed by atoms with Crippen molar-refractivity contribution in [2.24, 2.45) is 5.73 Å². The molecule has 3 aromatic carbocycles. The number of carbonyl (C=O) groups is 2. The molecule has 0 saturated heterocycles. The lowest BCUT2D eigenvalue weighted by Gasteiger charge is -2.32. The highest BCUT2D eigenvalue weighted by molar-refractivity contribution is 6.01. The van der Waals surface area contributed by atoms with Crippen molar-refractivity contribution in [2.75, 3.05) is 0 Å². The van der Waals surface area contributed by atoms with Gasteiger partial charge in [-0.05, 0) is 28.8 Å². The molecule has 0 aliphatic carbocycles. The number of ether oxygens (including phenoxy) is 1. The van der Waals surface area contributed by atoms with Gasteiger partial charge in [0.05, 0.1) is 0 Å². The molecule has 0 aliphatic rings. The lowest BCUT2D eigenvalue weighted by molar-refractivity contribution is -0.132. The fraction of sp³-hybridized carbons (Fsp3) is 0.217. The predicted molar refractivity (Wildman–Crippen MR) is 107 cm³/mol. The van der Waals surface area contributed by atoms with Crippen molar-refractivity contribution in [3.8, 4) is 5.75 Å². The van der Waals surface area contributed by atoms with Crippen LogP contribution in [0.5, 0.6) is 5.75 Å². The summed E-state index contributed by atoms with van der Waals surface area (Å²) in [5, 5.41) is 1.73. The van der Waals surface area contributed by atoms with E-state index in [0.29, 0.717) is 29.7 Å². The van der Waals surface area contributed by atoms with Crippen LogP contribution in [0.15, 0.2) is 66.7 Å². The highest BCUT2D eigenvalue weighted by atomic mass is 16.5. The molecule has 0 radical (unpaired) electrons. The first-order chi connectivity index (χ1) is 13.0. The topological polar surface area (TPSA) is 69.4 Å². The summed E-state index contributed by atoms with van der Waals surface area (Å²) >= 11 is 0. The molecule has 0 saturated carbocycles. The summed E-state index contributed by atoms with van der Waals surface area (Å²) < 4.78 is 5.48. The van der Waals surface area contributed by atoms with Crippen molar-refractivity contribution < 1.29 is 14.3 Å². The smallest absolute Gasteiger partial charge is 0.308 e. The molecule has 4 heteroatoms. The van der Waals surface area contributed by atoms with Crippen molar-refractivity contribution in [1.29, 1.82) is 0 Å². The molecule has 0 fully saturated rings. The van der Waals surface area contributed by atoms with Crippen LogP contribution in [-0.4, -0.2) is 11.8 Å². The minimum absolute atomic E-state index is 0.110. The maximum Gasteiger partial charge on any atom is 0.308 e. The third kappa shape index (κ3) is 3.49. The monoisotopic (exact) mass is 361 g/mol. The van der Waals surface area contributed by atoms with E-state index in [2.05, 4.69) is 0 Å². The Bertz CT molecular complexity index is 981. The Labute approximate surface area is 159 Å². The number of hydrogen-bond donors (Lipinski definition) is 1. The average Bonchev–Trinajstić information content (AvgIpc) is 2.67. The molecule has 27 heavy (non-hydrogen) atoms. The first-order valence-electron chi connectivity index (χ1n) is 9.06. The number of hydrogen-bond acceptors (Lipinski definition) is 4. The van der Waals surface area contributed by atoms with Crippen molar-refractivity contribution in [3.05, 3.63) is 77.9 Å². The Hall–Kier alpha value is -2.98. The van der Waals surface area contributed by atoms with E-state index in [1.807, 2.05) is 67.6 Å². The van der Waals surface area contributed by atoms with Crippen LogP contribution in [0.3, 0.4) is 0 Å². The van der Waals surface area contributed by atoms with Gasteiger partial charge in [0.25, 0.3) is 0 Å². The lowest BCUT2D eigenvalue weighted by Crippen LogP contribution is -2.46. The van der Waals surface area contributed by atoms with Crippen molar-refractivity contribution in [2.45, 2.75) is 32.2 Å². The maximum absolute atomic E-state index is 13.3. The largest absolute Gasteiger partial charge is 0.426 e. The van der Waals surface area contributed by atoms with E-state index in [0.717, 1.165) is 10.8 Å². The number of carbonyl (C=O) groups excluding carboxylic acids is 2. The standard InChI is InChI=1S/C23H23NO3/c1-3-9-21(26)23(24,18-11-5-4-6-12-18)22-19-13-8-7-10-17(19)14-15-20(22)27-16(2)25/h4-8,10-15H,3,9,24H2,1-2H3. The third-order valence-electron chi connectivity index (χ3n) is 4.68. The summed E-state index contributed by atoms with van der Waals surface area (Å²) in [6, 6.07) is 20.5. The molecular weight excluding hydrogens is 338 g/mol. The van der Waals surface area contributed by atoms with E-state index in [9.17, 15) is 9.59 Å². The molecule has 3 aromatic rings. The Morgan fingerprint density at radius 1 is 0.963 bits per heavy atom. The Kier molecular flexibility index (Phi) is 5.38. The van der Waals surface area contributed by atoms with Crippen molar-refractivity contribution in [1.82, 2.24) is 0 Å². The molecule has 0 aliphatic heterocycles. The number of Topliss-reactive ketones (excluding diaryl/α,β-unsaturated/α-hetero) is 1. The second-order valence-corrected chi connectivity index (χ2v) is 6.60. The van der Waals surface area contributed by atoms with Gasteiger partial charge < -0.3 is 10.5 Å². The first kappa shape index (κ1) is 18.8. The Balaban J connectivity index is 2.39. The molecule has 2 N–H and O–H groups in total. The second-order valence-electron chi connectivity index (χ2n) is 6.60. The van der Waals surface area contributed by atoms with Gasteiger partial charge >= 0.3 is 5.97 Å². The molecule has 1 atom stereocenters. The van der Waals surface area contributed by atoms with Crippen LogP contribution in [0.1, 0.15) is 37.8 Å². The molecule has 138 valence electrons. The zero-order chi connectivity index (χ0) is 19.4. The van der Waals surface area contributed by atoms with Gasteiger partial charge in [-0.2, -0.15) is 0 Å². The van der Waals surface area contributed by atoms with Gasteiger partial charge in [0, 0.05) is 18.9 Å². The normalized spacial score (nSPS) is 13.1. The summed E-state index contributed by atoms with van der Waals surface area (Å²) in [5.74, 6) is -0.247. The van der Waals surface area contributed by atoms with Crippen LogP contribution in [0.2, 0.25) is 0 Å². The van der Waals surface area contributed by atoms with Crippen LogP contribution in [0, 0.1) is 0 Å². The number of ketones is 1. The highest BCUT2D eigenvalue weighted by Crippen LogP contribution is 2.40. The summed E-state index contributed by atoms with van der Waals surface area (Å²) in [6.07, 6.45) is 1.01. The third-order valence-corrected chi connectivity index (χ3v) is 4.68. The summed E-state index contributed by atoms with van der Waals surface area (Å²) in [7, 11) is 0.